The zero-order valence-corrected chi connectivity index (χ0v) is 13.2. The highest BCUT2D eigenvalue weighted by Crippen LogP contribution is 2.15. The fourth-order valence-electron chi connectivity index (χ4n) is 1.78. The summed E-state index contributed by atoms with van der Waals surface area (Å²) in [5.74, 6) is -1.51. The second-order valence-corrected chi connectivity index (χ2v) is 4.82. The van der Waals surface area contributed by atoms with Gasteiger partial charge in [-0.05, 0) is 12.8 Å². The lowest BCUT2D eigenvalue weighted by atomic mass is 10.2. The van der Waals surface area contributed by atoms with Crippen LogP contribution < -0.4 is 5.32 Å². The molecule has 0 aromatic carbocycles. The minimum Gasteiger partial charge on any atom is -0.464 e. The van der Waals surface area contributed by atoms with E-state index in [2.05, 4.69) is 20.2 Å². The molecule has 0 bridgehead atoms. The van der Waals surface area contributed by atoms with Crippen LogP contribution in [0.25, 0.3) is 0 Å². The average Bonchev–Trinajstić information content (AvgIpc) is 3.03. The number of oxime groups is 1. The molecular weight excluding hydrogens is 330 g/mol. The lowest BCUT2D eigenvalue weighted by Crippen LogP contribution is -2.23. The summed E-state index contributed by atoms with van der Waals surface area (Å²) in [6.45, 7) is 0.576. The molecule has 0 spiro atoms. The fraction of sp³-hybridized carbons (Fsp3) is 0.538. The molecule has 1 aromatic heterocycles. The number of alkyl halides is 1. The molecule has 0 saturated carbocycles. The Morgan fingerprint density at radius 1 is 1.52 bits per heavy atom. The number of esters is 1. The van der Waals surface area contributed by atoms with Crippen molar-refractivity contribution in [2.24, 2.45) is 5.16 Å². The van der Waals surface area contributed by atoms with Gasteiger partial charge in [-0.25, -0.2) is 4.79 Å². The number of anilines is 1. The molecule has 1 aliphatic heterocycles. The zero-order valence-electron chi connectivity index (χ0n) is 12.4. The predicted octanol–water partition coefficient (Wildman–Crippen LogP) is 1.27. The molecule has 1 amide bonds. The molecule has 0 aliphatic carbocycles. The number of nitrogens with zero attached hydrogens (tertiary/aromatic N) is 2. The number of aromatic nitrogens is 1. The van der Waals surface area contributed by atoms with Crippen molar-refractivity contribution in [1.29, 1.82) is 0 Å². The van der Waals surface area contributed by atoms with Gasteiger partial charge in [0, 0.05) is 6.42 Å². The summed E-state index contributed by atoms with van der Waals surface area (Å²) in [6.07, 6.45) is 3.20. The molecule has 10 heteroatoms. The van der Waals surface area contributed by atoms with Crippen molar-refractivity contribution < 1.29 is 28.3 Å². The number of methoxy groups -OCH3 is 1. The summed E-state index contributed by atoms with van der Waals surface area (Å²) in [4.78, 5) is 32.1. The van der Waals surface area contributed by atoms with Crippen molar-refractivity contribution in [1.82, 2.24) is 4.98 Å². The maximum absolute atomic E-state index is 11.8. The van der Waals surface area contributed by atoms with Crippen molar-refractivity contribution in [3.8, 4) is 0 Å². The Balaban J connectivity index is 2.11. The first-order valence-corrected chi connectivity index (χ1v) is 7.43. The molecular formula is C13H16ClN3O6. The smallest absolute Gasteiger partial charge is 0.362 e. The van der Waals surface area contributed by atoms with Gasteiger partial charge in [0.15, 0.2) is 0 Å². The molecule has 126 valence electrons. The van der Waals surface area contributed by atoms with Gasteiger partial charge in [0.25, 0.3) is 0 Å². The molecule has 23 heavy (non-hydrogen) atoms. The van der Waals surface area contributed by atoms with Gasteiger partial charge in [-0.2, -0.15) is 4.98 Å². The van der Waals surface area contributed by atoms with Crippen LogP contribution in [0.4, 0.5) is 6.01 Å². The van der Waals surface area contributed by atoms with E-state index in [0.29, 0.717) is 13.0 Å². The van der Waals surface area contributed by atoms with E-state index in [0.717, 1.165) is 19.1 Å². The topological polar surface area (TPSA) is 112 Å². The quantitative estimate of drug-likeness (QED) is 0.357. The van der Waals surface area contributed by atoms with E-state index >= 15 is 0 Å². The van der Waals surface area contributed by atoms with Crippen LogP contribution in [-0.2, 0) is 23.9 Å². The minimum absolute atomic E-state index is 0.0533. The number of carbonyl (C=O) groups is 2. The van der Waals surface area contributed by atoms with Crippen LogP contribution in [0, 0.1) is 0 Å². The largest absolute Gasteiger partial charge is 0.464 e. The van der Waals surface area contributed by atoms with Gasteiger partial charge in [0.05, 0.1) is 13.7 Å². The fourth-order valence-corrected chi connectivity index (χ4v) is 1.85. The van der Waals surface area contributed by atoms with Gasteiger partial charge >= 0.3 is 12.0 Å². The Hall–Kier alpha value is -2.13. The molecule has 9 nitrogen and oxygen atoms in total. The summed E-state index contributed by atoms with van der Waals surface area (Å²) in [5, 5.41) is 6.06. The molecule has 1 atom stereocenters. The number of hydrogen-bond donors (Lipinski definition) is 1. The summed E-state index contributed by atoms with van der Waals surface area (Å²) < 4.78 is 15.0. The number of rotatable bonds is 6. The first-order valence-electron chi connectivity index (χ1n) is 6.89. The van der Waals surface area contributed by atoms with Gasteiger partial charge in [0.2, 0.25) is 17.9 Å². The highest BCUT2D eigenvalue weighted by molar-refractivity contribution is 6.42. The lowest BCUT2D eigenvalue weighted by Gasteiger charge is -2.20. The Bertz CT molecular complexity index is 582. The number of ether oxygens (including phenoxy) is 2. The molecule has 1 aromatic rings. The Morgan fingerprint density at radius 2 is 2.35 bits per heavy atom. The van der Waals surface area contributed by atoms with E-state index in [1.165, 1.54) is 7.11 Å². The molecule has 0 radical (unpaired) electrons. The van der Waals surface area contributed by atoms with Gasteiger partial charge in [-0.1, -0.05) is 5.16 Å². The number of halogens is 1. The molecule has 1 unspecified atom stereocenters. The van der Waals surface area contributed by atoms with Gasteiger partial charge < -0.3 is 18.7 Å². The summed E-state index contributed by atoms with van der Waals surface area (Å²) in [7, 11) is 1.20. The molecule has 1 aliphatic rings. The minimum atomic E-state index is -0.760. The lowest BCUT2D eigenvalue weighted by molar-refractivity contribution is -0.162. The average molecular weight is 346 g/mol. The van der Waals surface area contributed by atoms with Crippen molar-refractivity contribution in [2.45, 2.75) is 25.6 Å². The Morgan fingerprint density at radius 3 is 3.00 bits per heavy atom. The van der Waals surface area contributed by atoms with E-state index in [4.69, 9.17) is 25.6 Å². The first-order chi connectivity index (χ1) is 11.1. The number of nitrogens with one attached hydrogen (secondary N) is 1. The van der Waals surface area contributed by atoms with Crippen molar-refractivity contribution >= 4 is 35.2 Å². The second kappa shape index (κ2) is 8.49. The molecule has 1 fully saturated rings. The summed E-state index contributed by atoms with van der Waals surface area (Å²) >= 11 is 5.37. The Kier molecular flexibility index (Phi) is 6.36. The monoisotopic (exact) mass is 345 g/mol. The third kappa shape index (κ3) is 4.93. The number of oxazole rings is 1. The first kappa shape index (κ1) is 17.2. The maximum Gasteiger partial charge on any atom is 0.362 e. The summed E-state index contributed by atoms with van der Waals surface area (Å²) in [5.41, 5.74) is -0.144. The highest BCUT2D eigenvalue weighted by Gasteiger charge is 2.23. The number of hydrogen-bond acceptors (Lipinski definition) is 8. The van der Waals surface area contributed by atoms with Crippen LogP contribution in [0.2, 0.25) is 0 Å². The van der Waals surface area contributed by atoms with E-state index in [1.54, 1.807) is 0 Å². The summed E-state index contributed by atoms with van der Waals surface area (Å²) in [6, 6.07) is -0.115. The van der Waals surface area contributed by atoms with Crippen LogP contribution in [-0.4, -0.2) is 48.5 Å². The molecule has 1 saturated heterocycles. The van der Waals surface area contributed by atoms with Gasteiger partial charge in [-0.15, -0.1) is 11.6 Å². The van der Waals surface area contributed by atoms with Gasteiger partial charge in [-0.3, -0.25) is 10.1 Å². The number of amides is 1. The van der Waals surface area contributed by atoms with Crippen LogP contribution in [0.3, 0.4) is 0 Å². The van der Waals surface area contributed by atoms with Crippen LogP contribution >= 0.6 is 11.6 Å². The van der Waals surface area contributed by atoms with Gasteiger partial charge in [0.1, 0.15) is 17.8 Å². The van der Waals surface area contributed by atoms with Crippen molar-refractivity contribution in [3.63, 3.8) is 0 Å². The van der Waals surface area contributed by atoms with Crippen molar-refractivity contribution in [3.05, 3.63) is 12.0 Å². The van der Waals surface area contributed by atoms with E-state index < -0.39 is 18.2 Å². The third-order valence-corrected chi connectivity index (χ3v) is 3.14. The van der Waals surface area contributed by atoms with E-state index in [-0.39, 0.29) is 23.3 Å². The Labute approximate surface area is 136 Å². The molecule has 1 N–H and O–H groups in total. The van der Waals surface area contributed by atoms with E-state index in [1.807, 2.05) is 0 Å². The van der Waals surface area contributed by atoms with Crippen LogP contribution in [0.1, 0.15) is 25.0 Å². The third-order valence-electron chi connectivity index (χ3n) is 2.89. The highest BCUT2D eigenvalue weighted by atomic mass is 35.5. The number of carbonyl (C=O) groups excluding carboxylic acids is 2. The second-order valence-electron chi connectivity index (χ2n) is 4.55. The van der Waals surface area contributed by atoms with Crippen LogP contribution in [0.15, 0.2) is 15.8 Å². The van der Waals surface area contributed by atoms with Crippen LogP contribution in [0.5, 0.6) is 0 Å². The zero-order chi connectivity index (χ0) is 16.7. The van der Waals surface area contributed by atoms with Crippen molar-refractivity contribution in [2.75, 3.05) is 24.9 Å². The normalized spacial score (nSPS) is 18.3. The SMILES string of the molecule is COC(=O)C(=NOC1CCCCO1)c1coc(NC(=O)CCl)n1. The molecule has 2 heterocycles. The maximum atomic E-state index is 11.8. The van der Waals surface area contributed by atoms with E-state index in [9.17, 15) is 9.59 Å². The standard InChI is InChI=1S/C13H16ClN3O6/c1-20-12(19)11(17-23-10-4-2-3-5-21-10)8-7-22-13(15-8)16-9(18)6-14/h7,10H,2-6H2,1H3,(H,15,16,18). The predicted molar refractivity (Wildman–Crippen MR) is 79.1 cm³/mol. The molecule has 2 rings (SSSR count).